The maximum absolute atomic E-state index is 7.45. The maximum atomic E-state index is 7.45. The minimum absolute atomic E-state index is 0.104. The number of nitrogen functional groups attached to an aromatic ring is 1. The van der Waals surface area contributed by atoms with Crippen molar-refractivity contribution in [2.75, 3.05) is 0 Å². The molecule has 2 nitrogen and oxygen atoms in total. The van der Waals surface area contributed by atoms with E-state index in [1.165, 1.54) is 0 Å². The van der Waals surface area contributed by atoms with Crippen LogP contribution < -0.4 is 5.73 Å². The van der Waals surface area contributed by atoms with Crippen molar-refractivity contribution < 1.29 is 0 Å². The van der Waals surface area contributed by atoms with E-state index in [9.17, 15) is 0 Å². The average molecular weight is 277 g/mol. The third kappa shape index (κ3) is 3.06. The Balaban J connectivity index is 2.25. The summed E-state index contributed by atoms with van der Waals surface area (Å²) in [7, 11) is 0. The molecule has 0 fully saturated rings. The predicted molar refractivity (Wildman–Crippen MR) is 77.8 cm³/mol. The zero-order chi connectivity index (χ0) is 13.1. The highest BCUT2D eigenvalue weighted by molar-refractivity contribution is 7.99. The molecule has 92 valence electrons. The third-order valence-corrected chi connectivity index (χ3v) is 3.73. The number of hydrogen-bond donors (Lipinski definition) is 2. The van der Waals surface area contributed by atoms with Crippen molar-refractivity contribution >= 4 is 29.2 Å². The number of nitrogens with two attached hydrogens (primary N) is 1. The highest BCUT2D eigenvalue weighted by Gasteiger charge is 2.04. The smallest absolute Gasteiger partial charge is 0.123 e. The SMILES string of the molecule is Cc1cc(Sc2cccc(Cl)c2)ccc1C(=N)N. The standard InChI is InChI=1S/C14H13ClN2S/c1-9-7-12(5-6-13(9)14(16)17)18-11-4-2-3-10(15)8-11/h2-8H,1H3,(H3,16,17). The lowest BCUT2D eigenvalue weighted by Gasteiger charge is -2.07. The minimum atomic E-state index is 0.104. The van der Waals surface area contributed by atoms with Gasteiger partial charge in [0.05, 0.1) is 0 Å². The second kappa shape index (κ2) is 5.46. The van der Waals surface area contributed by atoms with Gasteiger partial charge in [0.25, 0.3) is 0 Å². The lowest BCUT2D eigenvalue weighted by atomic mass is 10.1. The fourth-order valence-corrected chi connectivity index (χ4v) is 2.90. The van der Waals surface area contributed by atoms with Crippen molar-refractivity contribution in [3.63, 3.8) is 0 Å². The Morgan fingerprint density at radius 3 is 2.50 bits per heavy atom. The van der Waals surface area contributed by atoms with E-state index >= 15 is 0 Å². The summed E-state index contributed by atoms with van der Waals surface area (Å²) in [5.41, 5.74) is 7.29. The molecule has 0 aliphatic heterocycles. The Hall–Kier alpha value is -1.45. The van der Waals surface area contributed by atoms with Crippen molar-refractivity contribution in [2.24, 2.45) is 5.73 Å². The molecule has 0 saturated heterocycles. The van der Waals surface area contributed by atoms with Gasteiger partial charge in [-0.15, -0.1) is 0 Å². The van der Waals surface area contributed by atoms with Gasteiger partial charge < -0.3 is 5.73 Å². The molecule has 0 atom stereocenters. The summed E-state index contributed by atoms with van der Waals surface area (Å²) in [6.45, 7) is 1.96. The predicted octanol–water partition coefficient (Wildman–Crippen LogP) is 4.08. The lowest BCUT2D eigenvalue weighted by Crippen LogP contribution is -2.12. The van der Waals surface area contributed by atoms with Crippen LogP contribution >= 0.6 is 23.4 Å². The molecule has 0 aromatic heterocycles. The summed E-state index contributed by atoms with van der Waals surface area (Å²) in [6.07, 6.45) is 0. The highest BCUT2D eigenvalue weighted by Crippen LogP contribution is 2.30. The Kier molecular flexibility index (Phi) is 3.94. The number of aryl methyl sites for hydroxylation is 1. The molecule has 2 rings (SSSR count). The Morgan fingerprint density at radius 1 is 1.17 bits per heavy atom. The fourth-order valence-electron chi connectivity index (χ4n) is 1.67. The number of halogens is 1. The van der Waals surface area contributed by atoms with Crippen LogP contribution in [0.2, 0.25) is 5.02 Å². The Labute approximate surface area is 116 Å². The molecule has 2 aromatic carbocycles. The second-order valence-electron chi connectivity index (χ2n) is 3.95. The molecule has 0 spiro atoms. The quantitative estimate of drug-likeness (QED) is 0.655. The van der Waals surface area contributed by atoms with Crippen LogP contribution in [0.5, 0.6) is 0 Å². The monoisotopic (exact) mass is 276 g/mol. The largest absolute Gasteiger partial charge is 0.384 e. The molecule has 3 N–H and O–H groups in total. The summed E-state index contributed by atoms with van der Waals surface area (Å²) >= 11 is 7.59. The van der Waals surface area contributed by atoms with Gasteiger partial charge in [0.2, 0.25) is 0 Å². The first kappa shape index (κ1) is 13.0. The van der Waals surface area contributed by atoms with Gasteiger partial charge in [-0.05, 0) is 48.9 Å². The van der Waals surface area contributed by atoms with Gasteiger partial charge in [-0.25, -0.2) is 0 Å². The van der Waals surface area contributed by atoms with Crippen LogP contribution in [0, 0.1) is 12.3 Å². The summed E-state index contributed by atoms with van der Waals surface area (Å²) < 4.78 is 0. The summed E-state index contributed by atoms with van der Waals surface area (Å²) in [5, 5.41) is 8.18. The van der Waals surface area contributed by atoms with Gasteiger partial charge >= 0.3 is 0 Å². The Morgan fingerprint density at radius 2 is 1.89 bits per heavy atom. The van der Waals surface area contributed by atoms with E-state index < -0.39 is 0 Å². The normalized spacial score (nSPS) is 10.3. The third-order valence-electron chi connectivity index (χ3n) is 2.52. The first-order chi connectivity index (χ1) is 8.56. The minimum Gasteiger partial charge on any atom is -0.384 e. The topological polar surface area (TPSA) is 49.9 Å². The molecule has 0 bridgehead atoms. The van der Waals surface area contributed by atoms with Crippen LogP contribution in [-0.4, -0.2) is 5.84 Å². The molecule has 0 aliphatic rings. The van der Waals surface area contributed by atoms with Crippen LogP contribution in [0.1, 0.15) is 11.1 Å². The molecule has 0 heterocycles. The molecule has 0 aliphatic carbocycles. The highest BCUT2D eigenvalue weighted by atomic mass is 35.5. The molecular weight excluding hydrogens is 264 g/mol. The first-order valence-corrected chi connectivity index (χ1v) is 6.64. The molecule has 0 amide bonds. The van der Waals surface area contributed by atoms with E-state index in [1.54, 1.807) is 11.8 Å². The van der Waals surface area contributed by atoms with Gasteiger partial charge in [-0.2, -0.15) is 0 Å². The van der Waals surface area contributed by atoms with E-state index in [0.717, 1.165) is 25.9 Å². The van der Waals surface area contributed by atoms with Crippen molar-refractivity contribution in [1.29, 1.82) is 5.41 Å². The van der Waals surface area contributed by atoms with Crippen molar-refractivity contribution in [3.05, 3.63) is 58.6 Å². The number of amidine groups is 1. The molecule has 2 aromatic rings. The molecule has 18 heavy (non-hydrogen) atoms. The van der Waals surface area contributed by atoms with Crippen molar-refractivity contribution in [1.82, 2.24) is 0 Å². The maximum Gasteiger partial charge on any atom is 0.123 e. The van der Waals surface area contributed by atoms with Gasteiger partial charge in [0.15, 0.2) is 0 Å². The Bertz CT molecular complexity index is 596. The fraction of sp³-hybridized carbons (Fsp3) is 0.0714. The van der Waals surface area contributed by atoms with Crippen LogP contribution in [-0.2, 0) is 0 Å². The number of benzene rings is 2. The molecule has 0 radical (unpaired) electrons. The molecule has 0 unspecified atom stereocenters. The van der Waals surface area contributed by atoms with Crippen molar-refractivity contribution in [3.8, 4) is 0 Å². The van der Waals surface area contributed by atoms with E-state index in [-0.39, 0.29) is 5.84 Å². The van der Waals surface area contributed by atoms with E-state index in [0.29, 0.717) is 0 Å². The zero-order valence-corrected chi connectivity index (χ0v) is 11.5. The van der Waals surface area contributed by atoms with Crippen LogP contribution in [0.3, 0.4) is 0 Å². The summed E-state index contributed by atoms with van der Waals surface area (Å²) in [6, 6.07) is 13.6. The molecular formula is C14H13ClN2S. The van der Waals surface area contributed by atoms with E-state index in [1.807, 2.05) is 49.4 Å². The first-order valence-electron chi connectivity index (χ1n) is 5.45. The number of rotatable bonds is 3. The summed E-state index contributed by atoms with van der Waals surface area (Å²) in [4.78, 5) is 2.21. The lowest BCUT2D eigenvalue weighted by molar-refractivity contribution is 1.30. The van der Waals surface area contributed by atoms with Gasteiger partial charge in [-0.1, -0.05) is 29.4 Å². The van der Waals surface area contributed by atoms with E-state index in [4.69, 9.17) is 22.7 Å². The van der Waals surface area contributed by atoms with Gasteiger partial charge in [0, 0.05) is 20.4 Å². The van der Waals surface area contributed by atoms with Crippen molar-refractivity contribution in [2.45, 2.75) is 16.7 Å². The van der Waals surface area contributed by atoms with Gasteiger partial charge in [0.1, 0.15) is 5.84 Å². The van der Waals surface area contributed by atoms with Crippen LogP contribution in [0.15, 0.2) is 52.3 Å². The summed E-state index contributed by atoms with van der Waals surface area (Å²) in [5.74, 6) is 0.104. The number of nitrogens with one attached hydrogen (secondary N) is 1. The van der Waals surface area contributed by atoms with E-state index in [2.05, 4.69) is 0 Å². The molecule has 4 heteroatoms. The average Bonchev–Trinajstić information content (AvgIpc) is 2.28. The number of hydrogen-bond acceptors (Lipinski definition) is 2. The zero-order valence-electron chi connectivity index (χ0n) is 9.91. The van der Waals surface area contributed by atoms with Gasteiger partial charge in [-0.3, -0.25) is 5.41 Å². The van der Waals surface area contributed by atoms with Crippen LogP contribution in [0.25, 0.3) is 0 Å². The molecule has 0 saturated carbocycles. The van der Waals surface area contributed by atoms with Crippen LogP contribution in [0.4, 0.5) is 0 Å². The second-order valence-corrected chi connectivity index (χ2v) is 5.53.